The van der Waals surface area contributed by atoms with Crippen LogP contribution in [0.25, 0.3) is 0 Å². The van der Waals surface area contributed by atoms with E-state index in [0.717, 1.165) is 13.0 Å². The van der Waals surface area contributed by atoms with E-state index in [-0.39, 0.29) is 5.41 Å². The summed E-state index contributed by atoms with van der Waals surface area (Å²) in [7, 11) is 0. The van der Waals surface area contributed by atoms with Crippen molar-refractivity contribution in [1.29, 1.82) is 0 Å². The van der Waals surface area contributed by atoms with Gasteiger partial charge in [0.05, 0.1) is 10.7 Å². The number of nitrogens with zero attached hydrogens (tertiary/aromatic N) is 1. The quantitative estimate of drug-likeness (QED) is 0.878. The van der Waals surface area contributed by atoms with Crippen molar-refractivity contribution < 1.29 is 0 Å². The molecule has 90 valence electrons. The summed E-state index contributed by atoms with van der Waals surface area (Å²) >= 11 is 1.80. The lowest BCUT2D eigenvalue weighted by Gasteiger charge is -2.39. The highest BCUT2D eigenvalue weighted by Crippen LogP contribution is 2.43. The Hall–Kier alpha value is -0.410. The van der Waals surface area contributed by atoms with Gasteiger partial charge in [0, 0.05) is 23.8 Å². The maximum absolute atomic E-state index is 5.90. The lowest BCUT2D eigenvalue weighted by molar-refractivity contribution is 0.246. The molecule has 2 rings (SSSR count). The predicted molar refractivity (Wildman–Crippen MR) is 69.9 cm³/mol. The van der Waals surface area contributed by atoms with Crippen molar-refractivity contribution >= 4 is 11.3 Å². The zero-order chi connectivity index (χ0) is 11.8. The fraction of sp³-hybridized carbons (Fsp3) is 0.769. The third-order valence-electron chi connectivity index (χ3n) is 3.48. The largest absolute Gasteiger partial charge is 0.330 e. The van der Waals surface area contributed by atoms with Crippen LogP contribution < -0.4 is 5.73 Å². The third kappa shape index (κ3) is 2.30. The van der Waals surface area contributed by atoms with Crippen LogP contribution in [0.2, 0.25) is 0 Å². The van der Waals surface area contributed by atoms with Crippen LogP contribution in [0.4, 0.5) is 0 Å². The molecule has 2 N–H and O–H groups in total. The van der Waals surface area contributed by atoms with E-state index in [2.05, 4.69) is 26.2 Å². The van der Waals surface area contributed by atoms with Gasteiger partial charge in [0.15, 0.2) is 0 Å². The SMILES string of the molecule is CC(C)(C)Cc1nc(C2(CN)CCC2)cs1. The second-order valence-electron chi connectivity index (χ2n) is 6.20. The van der Waals surface area contributed by atoms with Gasteiger partial charge in [-0.3, -0.25) is 0 Å². The van der Waals surface area contributed by atoms with Crippen molar-refractivity contribution in [2.75, 3.05) is 6.54 Å². The van der Waals surface area contributed by atoms with Crippen LogP contribution >= 0.6 is 11.3 Å². The highest BCUT2D eigenvalue weighted by molar-refractivity contribution is 7.09. The summed E-state index contributed by atoms with van der Waals surface area (Å²) in [5.41, 5.74) is 7.71. The van der Waals surface area contributed by atoms with Gasteiger partial charge in [-0.2, -0.15) is 0 Å². The molecule has 2 nitrogen and oxygen atoms in total. The zero-order valence-electron chi connectivity index (χ0n) is 10.5. The van der Waals surface area contributed by atoms with Crippen molar-refractivity contribution in [3.63, 3.8) is 0 Å². The van der Waals surface area contributed by atoms with Crippen molar-refractivity contribution in [3.8, 4) is 0 Å². The monoisotopic (exact) mass is 238 g/mol. The topological polar surface area (TPSA) is 38.9 Å². The van der Waals surface area contributed by atoms with Gasteiger partial charge in [-0.15, -0.1) is 11.3 Å². The molecule has 1 aliphatic carbocycles. The molecular weight excluding hydrogens is 216 g/mol. The van der Waals surface area contributed by atoms with Gasteiger partial charge in [-0.05, 0) is 18.3 Å². The Kier molecular flexibility index (Phi) is 3.10. The minimum atomic E-state index is 0.229. The molecule has 1 aromatic heterocycles. The lowest BCUT2D eigenvalue weighted by atomic mass is 9.67. The maximum Gasteiger partial charge on any atom is 0.0933 e. The molecule has 0 amide bonds. The fourth-order valence-electron chi connectivity index (χ4n) is 2.26. The summed E-state index contributed by atoms with van der Waals surface area (Å²) in [5.74, 6) is 0. The van der Waals surface area contributed by atoms with E-state index < -0.39 is 0 Å². The molecule has 1 fully saturated rings. The molecule has 0 aliphatic heterocycles. The van der Waals surface area contributed by atoms with Crippen molar-refractivity contribution in [2.45, 2.75) is 51.9 Å². The molecule has 1 aromatic rings. The zero-order valence-corrected chi connectivity index (χ0v) is 11.4. The van der Waals surface area contributed by atoms with Crippen molar-refractivity contribution in [2.24, 2.45) is 11.1 Å². The Labute approximate surface area is 102 Å². The predicted octanol–water partition coefficient (Wildman–Crippen LogP) is 3.11. The number of thiazole rings is 1. The summed E-state index contributed by atoms with van der Waals surface area (Å²) in [4.78, 5) is 4.80. The Bertz CT molecular complexity index is 353. The second-order valence-corrected chi connectivity index (χ2v) is 7.14. The van der Waals surface area contributed by atoms with Gasteiger partial charge in [-0.1, -0.05) is 27.2 Å². The molecule has 0 atom stereocenters. The normalized spacial score (nSPS) is 19.5. The average molecular weight is 238 g/mol. The number of aromatic nitrogens is 1. The Morgan fingerprint density at radius 1 is 1.44 bits per heavy atom. The van der Waals surface area contributed by atoms with Crippen molar-refractivity contribution in [3.05, 3.63) is 16.1 Å². The Morgan fingerprint density at radius 2 is 2.12 bits per heavy atom. The van der Waals surface area contributed by atoms with Gasteiger partial charge in [0.25, 0.3) is 0 Å². The molecule has 16 heavy (non-hydrogen) atoms. The number of nitrogens with two attached hydrogens (primary N) is 1. The third-order valence-corrected chi connectivity index (χ3v) is 4.33. The van der Waals surface area contributed by atoms with E-state index in [9.17, 15) is 0 Å². The molecule has 0 aromatic carbocycles. The van der Waals surface area contributed by atoms with Crippen LogP contribution in [0.15, 0.2) is 5.38 Å². The summed E-state index contributed by atoms with van der Waals surface area (Å²) in [6.45, 7) is 7.54. The summed E-state index contributed by atoms with van der Waals surface area (Å²) < 4.78 is 0. The fourth-order valence-corrected chi connectivity index (χ4v) is 3.48. The molecular formula is C13H22N2S. The highest BCUT2D eigenvalue weighted by atomic mass is 32.1. The van der Waals surface area contributed by atoms with E-state index in [1.807, 2.05) is 0 Å². The molecule has 0 radical (unpaired) electrons. The summed E-state index contributed by atoms with van der Waals surface area (Å²) in [5, 5.41) is 3.50. The first kappa shape index (κ1) is 12.1. The first-order chi connectivity index (χ1) is 7.45. The first-order valence-corrected chi connectivity index (χ1v) is 6.98. The van der Waals surface area contributed by atoms with E-state index in [1.165, 1.54) is 30.0 Å². The van der Waals surface area contributed by atoms with Crippen LogP contribution in [-0.4, -0.2) is 11.5 Å². The molecule has 1 aliphatic rings. The Morgan fingerprint density at radius 3 is 2.56 bits per heavy atom. The first-order valence-electron chi connectivity index (χ1n) is 6.10. The van der Waals surface area contributed by atoms with Crippen molar-refractivity contribution in [1.82, 2.24) is 4.98 Å². The van der Waals surface area contributed by atoms with Crippen LogP contribution in [0.3, 0.4) is 0 Å². The molecule has 0 spiro atoms. The minimum Gasteiger partial charge on any atom is -0.330 e. The number of hydrogen-bond acceptors (Lipinski definition) is 3. The molecule has 0 unspecified atom stereocenters. The standard InChI is InChI=1S/C13H22N2S/c1-12(2,3)7-11-15-10(8-16-11)13(9-14)5-4-6-13/h8H,4-7,9,14H2,1-3H3. The van der Waals surface area contributed by atoms with E-state index in [4.69, 9.17) is 10.7 Å². The maximum atomic E-state index is 5.90. The highest BCUT2D eigenvalue weighted by Gasteiger charge is 2.39. The molecule has 0 bridgehead atoms. The summed E-state index contributed by atoms with van der Waals surface area (Å²) in [6.07, 6.45) is 4.83. The molecule has 1 saturated carbocycles. The molecule has 3 heteroatoms. The smallest absolute Gasteiger partial charge is 0.0933 e. The Balaban J connectivity index is 2.13. The summed E-state index contributed by atoms with van der Waals surface area (Å²) in [6, 6.07) is 0. The van der Waals surface area contributed by atoms with Crippen LogP contribution in [-0.2, 0) is 11.8 Å². The van der Waals surface area contributed by atoms with Crippen LogP contribution in [0, 0.1) is 5.41 Å². The second kappa shape index (κ2) is 4.11. The van der Waals surface area contributed by atoms with Gasteiger partial charge in [0.2, 0.25) is 0 Å². The van der Waals surface area contributed by atoms with E-state index in [0.29, 0.717) is 5.41 Å². The number of rotatable bonds is 3. The van der Waals surface area contributed by atoms with Crippen LogP contribution in [0.1, 0.15) is 50.7 Å². The minimum absolute atomic E-state index is 0.229. The van der Waals surface area contributed by atoms with E-state index in [1.54, 1.807) is 11.3 Å². The van der Waals surface area contributed by atoms with Crippen LogP contribution in [0.5, 0.6) is 0 Å². The molecule has 0 saturated heterocycles. The average Bonchev–Trinajstić information content (AvgIpc) is 2.49. The van der Waals surface area contributed by atoms with Gasteiger partial charge in [-0.25, -0.2) is 4.98 Å². The number of hydrogen-bond donors (Lipinski definition) is 1. The molecule has 1 heterocycles. The van der Waals surface area contributed by atoms with E-state index >= 15 is 0 Å². The lowest BCUT2D eigenvalue weighted by Crippen LogP contribution is -2.41. The van der Waals surface area contributed by atoms with Gasteiger partial charge >= 0.3 is 0 Å². The van der Waals surface area contributed by atoms with Gasteiger partial charge in [0.1, 0.15) is 0 Å². The van der Waals surface area contributed by atoms with Gasteiger partial charge < -0.3 is 5.73 Å².